The number of aryl methyl sites for hydroxylation is 1. The molecule has 0 bridgehead atoms. The SMILES string of the molecule is CC(=O)OC(CCCCCCCc1ccc2c(c1)OCO2)CC1CC(O)CC2(CC3OC(=O)C=CC3O2)O1. The van der Waals surface area contributed by atoms with Gasteiger partial charge in [0, 0.05) is 32.3 Å². The van der Waals surface area contributed by atoms with E-state index >= 15 is 0 Å². The van der Waals surface area contributed by atoms with Gasteiger partial charge in [-0.15, -0.1) is 0 Å². The molecule has 6 unspecified atom stereocenters. The number of hydrogen-bond donors (Lipinski definition) is 1. The molecule has 2 fully saturated rings. The molecule has 4 aliphatic heterocycles. The van der Waals surface area contributed by atoms with E-state index in [9.17, 15) is 14.7 Å². The highest BCUT2D eigenvalue weighted by atomic mass is 16.7. The van der Waals surface area contributed by atoms with Crippen LogP contribution in [0, 0.1) is 0 Å². The van der Waals surface area contributed by atoms with Crippen LogP contribution in [0.1, 0.15) is 76.7 Å². The Kier molecular flexibility index (Phi) is 8.55. The molecule has 4 aliphatic rings. The van der Waals surface area contributed by atoms with E-state index in [4.69, 9.17) is 28.4 Å². The molecule has 4 heterocycles. The Balaban J connectivity index is 1.04. The maximum Gasteiger partial charge on any atom is 0.330 e. The van der Waals surface area contributed by atoms with Crippen LogP contribution in [-0.2, 0) is 35.0 Å². The third-order valence-electron chi connectivity index (χ3n) is 7.67. The molecule has 0 aliphatic carbocycles. The van der Waals surface area contributed by atoms with Crippen molar-refractivity contribution in [3.63, 3.8) is 0 Å². The Morgan fingerprint density at radius 1 is 1.11 bits per heavy atom. The monoisotopic (exact) mass is 530 g/mol. The molecule has 6 atom stereocenters. The number of carbonyl (C=O) groups is 2. The molecule has 5 rings (SSSR count). The molecule has 2 saturated heterocycles. The summed E-state index contributed by atoms with van der Waals surface area (Å²) in [4.78, 5) is 23.4. The number of hydrogen-bond acceptors (Lipinski definition) is 9. The molecular formula is C29H38O9. The van der Waals surface area contributed by atoms with Gasteiger partial charge in [-0.05, 0) is 55.9 Å². The molecule has 1 N–H and O–H groups in total. The first kappa shape index (κ1) is 27.0. The first-order valence-electron chi connectivity index (χ1n) is 13.9. The van der Waals surface area contributed by atoms with Gasteiger partial charge in [0.05, 0.1) is 12.2 Å². The summed E-state index contributed by atoms with van der Waals surface area (Å²) in [6.45, 7) is 1.72. The highest BCUT2D eigenvalue weighted by molar-refractivity contribution is 5.83. The molecule has 1 spiro atoms. The molecule has 1 aromatic rings. The molecule has 0 saturated carbocycles. The third-order valence-corrected chi connectivity index (χ3v) is 7.67. The maximum absolute atomic E-state index is 11.8. The number of ether oxygens (including phenoxy) is 6. The minimum atomic E-state index is -0.995. The number of fused-ring (bicyclic) bond motifs is 2. The Bertz CT molecular complexity index is 1020. The standard InChI is InChI=1S/C29H38O9/c1-19(30)35-22(8-6-4-2-3-5-7-20-9-10-24-26(13-20)34-18-33-24)15-23-14-21(31)16-29(37-23)17-27-25(38-29)11-12-28(32)36-27/h9-13,21-23,25,27,31H,2-8,14-18H2,1H3. The van der Waals surface area contributed by atoms with Crippen molar-refractivity contribution in [1.82, 2.24) is 0 Å². The van der Waals surface area contributed by atoms with Gasteiger partial charge in [0.1, 0.15) is 18.3 Å². The van der Waals surface area contributed by atoms with E-state index in [1.165, 1.54) is 18.6 Å². The quantitative estimate of drug-likeness (QED) is 0.334. The highest BCUT2D eigenvalue weighted by Gasteiger charge is 2.53. The average molecular weight is 531 g/mol. The van der Waals surface area contributed by atoms with Crippen LogP contribution in [0.15, 0.2) is 30.4 Å². The number of aliphatic hydroxyl groups is 1. The number of aliphatic hydroxyl groups excluding tert-OH is 1. The van der Waals surface area contributed by atoms with Gasteiger partial charge in [0.2, 0.25) is 6.79 Å². The van der Waals surface area contributed by atoms with E-state index in [0.29, 0.717) is 32.5 Å². The van der Waals surface area contributed by atoms with Crippen LogP contribution >= 0.6 is 0 Å². The van der Waals surface area contributed by atoms with Crippen molar-refractivity contribution in [2.45, 2.75) is 114 Å². The topological polar surface area (TPSA) is 110 Å². The summed E-state index contributed by atoms with van der Waals surface area (Å²) in [5, 5.41) is 10.6. The maximum atomic E-state index is 11.8. The molecule has 0 aromatic heterocycles. The van der Waals surface area contributed by atoms with Crippen LogP contribution in [0.3, 0.4) is 0 Å². The van der Waals surface area contributed by atoms with Gasteiger partial charge < -0.3 is 33.5 Å². The van der Waals surface area contributed by atoms with Crippen molar-refractivity contribution in [3.05, 3.63) is 35.9 Å². The summed E-state index contributed by atoms with van der Waals surface area (Å²) < 4.78 is 34.3. The van der Waals surface area contributed by atoms with E-state index in [0.717, 1.165) is 56.4 Å². The molecular weight excluding hydrogens is 492 g/mol. The summed E-state index contributed by atoms with van der Waals surface area (Å²) in [6.07, 6.45) is 9.85. The Morgan fingerprint density at radius 2 is 1.92 bits per heavy atom. The van der Waals surface area contributed by atoms with E-state index < -0.39 is 18.0 Å². The molecule has 9 heteroatoms. The van der Waals surface area contributed by atoms with E-state index in [-0.39, 0.29) is 30.3 Å². The fourth-order valence-electron chi connectivity index (χ4n) is 6.01. The van der Waals surface area contributed by atoms with Crippen LogP contribution in [0.2, 0.25) is 0 Å². The lowest BCUT2D eigenvalue weighted by Gasteiger charge is -2.41. The van der Waals surface area contributed by atoms with Gasteiger partial charge in [0.25, 0.3) is 0 Å². The summed E-state index contributed by atoms with van der Waals surface area (Å²) in [5.41, 5.74) is 1.26. The average Bonchev–Trinajstić information content (AvgIpc) is 3.45. The molecule has 0 radical (unpaired) electrons. The number of esters is 2. The minimum absolute atomic E-state index is 0.283. The minimum Gasteiger partial charge on any atom is -0.462 e. The van der Waals surface area contributed by atoms with Crippen molar-refractivity contribution < 1.29 is 43.1 Å². The van der Waals surface area contributed by atoms with Crippen LogP contribution < -0.4 is 9.47 Å². The van der Waals surface area contributed by atoms with Crippen molar-refractivity contribution in [1.29, 1.82) is 0 Å². The first-order chi connectivity index (χ1) is 18.4. The normalized spacial score (nSPS) is 30.2. The number of carbonyl (C=O) groups excluding carboxylic acids is 2. The molecule has 1 aromatic carbocycles. The van der Waals surface area contributed by atoms with Gasteiger partial charge >= 0.3 is 11.9 Å². The number of benzene rings is 1. The number of rotatable bonds is 11. The predicted molar refractivity (Wildman–Crippen MR) is 135 cm³/mol. The summed E-state index contributed by atoms with van der Waals surface area (Å²) in [5.74, 6) is -0.0493. The van der Waals surface area contributed by atoms with Crippen LogP contribution in [0.5, 0.6) is 11.5 Å². The van der Waals surface area contributed by atoms with Gasteiger partial charge in [-0.3, -0.25) is 4.79 Å². The Hall–Kier alpha value is -2.62. The van der Waals surface area contributed by atoms with Crippen LogP contribution in [0.25, 0.3) is 0 Å². The Morgan fingerprint density at radius 3 is 2.79 bits per heavy atom. The van der Waals surface area contributed by atoms with Gasteiger partial charge in [-0.2, -0.15) is 0 Å². The lowest BCUT2D eigenvalue weighted by atomic mass is 9.92. The fourth-order valence-corrected chi connectivity index (χ4v) is 6.01. The zero-order chi connectivity index (χ0) is 26.5. The second-order valence-corrected chi connectivity index (χ2v) is 10.8. The molecule has 0 amide bonds. The van der Waals surface area contributed by atoms with Crippen molar-refractivity contribution in [2.75, 3.05) is 6.79 Å². The third kappa shape index (κ3) is 6.87. The van der Waals surface area contributed by atoms with Crippen LogP contribution in [0.4, 0.5) is 0 Å². The second kappa shape index (κ2) is 12.1. The van der Waals surface area contributed by atoms with Gasteiger partial charge in [-0.25, -0.2) is 4.79 Å². The molecule has 208 valence electrons. The van der Waals surface area contributed by atoms with Crippen LogP contribution in [-0.4, -0.2) is 60.1 Å². The van der Waals surface area contributed by atoms with E-state index in [1.807, 2.05) is 6.07 Å². The second-order valence-electron chi connectivity index (χ2n) is 10.8. The Labute approximate surface area is 223 Å². The smallest absolute Gasteiger partial charge is 0.330 e. The molecule has 38 heavy (non-hydrogen) atoms. The molecule has 9 nitrogen and oxygen atoms in total. The largest absolute Gasteiger partial charge is 0.462 e. The van der Waals surface area contributed by atoms with E-state index in [2.05, 4.69) is 12.1 Å². The highest BCUT2D eigenvalue weighted by Crippen LogP contribution is 2.44. The zero-order valence-corrected chi connectivity index (χ0v) is 22.0. The fraction of sp³-hybridized carbons (Fsp3) is 0.655. The lowest BCUT2D eigenvalue weighted by Crippen LogP contribution is -2.47. The predicted octanol–water partition coefficient (Wildman–Crippen LogP) is 4.13. The van der Waals surface area contributed by atoms with Gasteiger partial charge in [0.15, 0.2) is 17.3 Å². The number of unbranched alkanes of at least 4 members (excludes halogenated alkanes) is 4. The van der Waals surface area contributed by atoms with E-state index in [1.54, 1.807) is 6.08 Å². The van der Waals surface area contributed by atoms with Gasteiger partial charge in [-0.1, -0.05) is 25.3 Å². The summed E-state index contributed by atoms with van der Waals surface area (Å²) in [7, 11) is 0. The lowest BCUT2D eigenvalue weighted by molar-refractivity contribution is -0.285. The zero-order valence-electron chi connectivity index (χ0n) is 22.0. The van der Waals surface area contributed by atoms with Crippen molar-refractivity contribution >= 4 is 11.9 Å². The first-order valence-corrected chi connectivity index (χ1v) is 13.9. The summed E-state index contributed by atoms with van der Waals surface area (Å²) >= 11 is 0. The summed E-state index contributed by atoms with van der Waals surface area (Å²) in [6, 6.07) is 6.13. The van der Waals surface area contributed by atoms with Crippen molar-refractivity contribution in [3.8, 4) is 11.5 Å². The van der Waals surface area contributed by atoms with Crippen molar-refractivity contribution in [2.24, 2.45) is 0 Å².